The van der Waals surface area contributed by atoms with Gasteiger partial charge in [0, 0.05) is 20.1 Å². The predicted molar refractivity (Wildman–Crippen MR) is 57.0 cm³/mol. The van der Waals surface area contributed by atoms with E-state index in [2.05, 4.69) is 10.1 Å². The van der Waals surface area contributed by atoms with Crippen LogP contribution in [-0.2, 0) is 19.6 Å². The van der Waals surface area contributed by atoms with E-state index in [1.165, 1.54) is 7.05 Å². The van der Waals surface area contributed by atoms with Crippen LogP contribution in [0.5, 0.6) is 0 Å². The smallest absolute Gasteiger partial charge is 0.322 e. The SMILES string of the molecule is CCOC(=O)CS(=O)(=O)N(C)CCNC. The van der Waals surface area contributed by atoms with Gasteiger partial charge in [0.15, 0.2) is 5.75 Å². The average Bonchev–Trinajstić information content (AvgIpc) is 2.13. The minimum atomic E-state index is -3.54. The number of ether oxygens (including phenoxy) is 1. The van der Waals surface area contributed by atoms with E-state index in [4.69, 9.17) is 0 Å². The first-order chi connectivity index (χ1) is 6.94. The Morgan fingerprint density at radius 2 is 2.07 bits per heavy atom. The van der Waals surface area contributed by atoms with Crippen LogP contribution in [0.4, 0.5) is 0 Å². The van der Waals surface area contributed by atoms with Crippen LogP contribution in [-0.4, -0.2) is 58.2 Å². The normalized spacial score (nSPS) is 11.7. The molecule has 1 N–H and O–H groups in total. The maximum atomic E-state index is 11.5. The van der Waals surface area contributed by atoms with Gasteiger partial charge in [-0.2, -0.15) is 0 Å². The fourth-order valence-corrected chi connectivity index (χ4v) is 1.84. The van der Waals surface area contributed by atoms with Gasteiger partial charge in [-0.05, 0) is 14.0 Å². The lowest BCUT2D eigenvalue weighted by molar-refractivity contribution is -0.140. The molecule has 15 heavy (non-hydrogen) atoms. The lowest BCUT2D eigenvalue weighted by atomic mass is 10.6. The van der Waals surface area contributed by atoms with Gasteiger partial charge < -0.3 is 10.1 Å². The van der Waals surface area contributed by atoms with Crippen molar-refractivity contribution in [2.75, 3.05) is 39.5 Å². The number of nitrogens with one attached hydrogen (secondary N) is 1. The average molecular weight is 238 g/mol. The molecule has 0 rings (SSSR count). The summed E-state index contributed by atoms with van der Waals surface area (Å²) >= 11 is 0. The van der Waals surface area contributed by atoms with Crippen LogP contribution >= 0.6 is 0 Å². The van der Waals surface area contributed by atoms with Gasteiger partial charge in [-0.1, -0.05) is 0 Å². The number of carbonyl (C=O) groups is 1. The number of sulfonamides is 1. The van der Waals surface area contributed by atoms with Crippen molar-refractivity contribution >= 4 is 16.0 Å². The molecule has 0 amide bonds. The van der Waals surface area contributed by atoms with Crippen LogP contribution in [0.15, 0.2) is 0 Å². The standard InChI is InChI=1S/C8H18N2O4S/c1-4-14-8(11)7-15(12,13)10(3)6-5-9-2/h9H,4-7H2,1-3H3. The molecule has 0 radical (unpaired) electrons. The van der Waals surface area contributed by atoms with E-state index in [0.29, 0.717) is 13.1 Å². The van der Waals surface area contributed by atoms with E-state index in [0.717, 1.165) is 4.31 Å². The highest BCUT2D eigenvalue weighted by Crippen LogP contribution is 1.98. The van der Waals surface area contributed by atoms with E-state index in [1.807, 2.05) is 0 Å². The Balaban J connectivity index is 4.22. The van der Waals surface area contributed by atoms with Gasteiger partial charge in [-0.25, -0.2) is 12.7 Å². The summed E-state index contributed by atoms with van der Waals surface area (Å²) in [5, 5.41) is 2.83. The summed E-state index contributed by atoms with van der Waals surface area (Å²) in [4.78, 5) is 11.0. The van der Waals surface area contributed by atoms with Crippen LogP contribution in [0.2, 0.25) is 0 Å². The van der Waals surface area contributed by atoms with Gasteiger partial charge in [0.05, 0.1) is 6.61 Å². The zero-order chi connectivity index (χ0) is 11.9. The van der Waals surface area contributed by atoms with Gasteiger partial charge in [0.25, 0.3) is 0 Å². The van der Waals surface area contributed by atoms with Crippen LogP contribution in [0.3, 0.4) is 0 Å². The lowest BCUT2D eigenvalue weighted by Gasteiger charge is -2.15. The number of rotatable bonds is 7. The van der Waals surface area contributed by atoms with E-state index in [1.54, 1.807) is 14.0 Å². The molecule has 0 aliphatic heterocycles. The van der Waals surface area contributed by atoms with Crippen molar-refractivity contribution in [2.24, 2.45) is 0 Å². The Morgan fingerprint density at radius 3 is 2.53 bits per heavy atom. The van der Waals surface area contributed by atoms with Gasteiger partial charge in [-0.3, -0.25) is 4.79 Å². The second-order valence-corrected chi connectivity index (χ2v) is 5.06. The van der Waals surface area contributed by atoms with E-state index >= 15 is 0 Å². The molecule has 0 saturated heterocycles. The maximum Gasteiger partial charge on any atom is 0.322 e. The number of hydrogen-bond acceptors (Lipinski definition) is 5. The first-order valence-corrected chi connectivity index (χ1v) is 6.29. The molecule has 0 aromatic heterocycles. The number of carbonyl (C=O) groups excluding carboxylic acids is 1. The summed E-state index contributed by atoms with van der Waals surface area (Å²) in [5.74, 6) is -1.31. The molecule has 0 bridgehead atoms. The van der Waals surface area contributed by atoms with Crippen molar-refractivity contribution in [1.82, 2.24) is 9.62 Å². The molecule has 0 saturated carbocycles. The Kier molecular flexibility index (Phi) is 6.46. The molecule has 0 fully saturated rings. The molecular weight excluding hydrogens is 220 g/mol. The predicted octanol–water partition coefficient (Wildman–Crippen LogP) is -0.969. The van der Waals surface area contributed by atoms with Crippen molar-refractivity contribution < 1.29 is 17.9 Å². The molecule has 0 atom stereocenters. The number of likely N-dealkylation sites (N-methyl/N-ethyl adjacent to an activating group) is 2. The Labute approximate surface area is 90.6 Å². The first kappa shape index (κ1) is 14.3. The van der Waals surface area contributed by atoms with Gasteiger partial charge >= 0.3 is 5.97 Å². The highest BCUT2D eigenvalue weighted by atomic mass is 32.2. The molecule has 0 aliphatic rings. The molecule has 0 heterocycles. The molecule has 0 aromatic rings. The van der Waals surface area contributed by atoms with Gasteiger partial charge in [-0.15, -0.1) is 0 Å². The topological polar surface area (TPSA) is 75.7 Å². The van der Waals surface area contributed by atoms with Crippen molar-refractivity contribution in [3.05, 3.63) is 0 Å². The van der Waals surface area contributed by atoms with Crippen molar-refractivity contribution in [1.29, 1.82) is 0 Å². The first-order valence-electron chi connectivity index (χ1n) is 4.68. The Bertz CT molecular complexity index is 289. The Morgan fingerprint density at radius 1 is 1.47 bits per heavy atom. The highest BCUT2D eigenvalue weighted by Gasteiger charge is 2.22. The molecule has 6 nitrogen and oxygen atoms in total. The quantitative estimate of drug-likeness (QED) is 0.578. The number of nitrogens with zero attached hydrogens (tertiary/aromatic N) is 1. The van der Waals surface area contributed by atoms with Gasteiger partial charge in [0.1, 0.15) is 0 Å². The van der Waals surface area contributed by atoms with E-state index in [9.17, 15) is 13.2 Å². The van der Waals surface area contributed by atoms with Crippen molar-refractivity contribution in [3.8, 4) is 0 Å². The monoisotopic (exact) mass is 238 g/mol. The third-order valence-corrected chi connectivity index (χ3v) is 3.49. The third-order valence-electron chi connectivity index (χ3n) is 1.76. The summed E-state index contributed by atoms with van der Waals surface area (Å²) in [6.07, 6.45) is 0. The zero-order valence-electron chi connectivity index (χ0n) is 9.32. The van der Waals surface area contributed by atoms with Gasteiger partial charge in [0.2, 0.25) is 10.0 Å². The van der Waals surface area contributed by atoms with E-state index in [-0.39, 0.29) is 6.61 Å². The fourth-order valence-electron chi connectivity index (χ4n) is 0.870. The minimum absolute atomic E-state index is 0.189. The molecular formula is C8H18N2O4S. The van der Waals surface area contributed by atoms with Crippen molar-refractivity contribution in [2.45, 2.75) is 6.92 Å². The maximum absolute atomic E-state index is 11.5. The number of hydrogen-bond donors (Lipinski definition) is 1. The van der Waals surface area contributed by atoms with Crippen molar-refractivity contribution in [3.63, 3.8) is 0 Å². The molecule has 90 valence electrons. The van der Waals surface area contributed by atoms with Crippen LogP contribution in [0, 0.1) is 0 Å². The summed E-state index contributed by atoms with van der Waals surface area (Å²) in [5.41, 5.74) is 0. The fraction of sp³-hybridized carbons (Fsp3) is 0.875. The van der Waals surface area contributed by atoms with Crippen LogP contribution in [0.25, 0.3) is 0 Å². The zero-order valence-corrected chi connectivity index (χ0v) is 10.1. The molecule has 0 aliphatic carbocycles. The van der Waals surface area contributed by atoms with Crippen LogP contribution < -0.4 is 5.32 Å². The summed E-state index contributed by atoms with van der Waals surface area (Å²) in [6, 6.07) is 0. The minimum Gasteiger partial charge on any atom is -0.465 e. The third kappa shape index (κ3) is 5.71. The van der Waals surface area contributed by atoms with E-state index < -0.39 is 21.7 Å². The molecule has 7 heteroatoms. The Hall–Kier alpha value is -0.660. The molecule has 0 aromatic carbocycles. The molecule has 0 spiro atoms. The lowest BCUT2D eigenvalue weighted by Crippen LogP contribution is -2.36. The summed E-state index contributed by atoms with van der Waals surface area (Å²) < 4.78 is 28.7. The highest BCUT2D eigenvalue weighted by molar-refractivity contribution is 7.89. The van der Waals surface area contributed by atoms with Crippen LogP contribution in [0.1, 0.15) is 6.92 Å². The number of esters is 1. The largest absolute Gasteiger partial charge is 0.465 e. The second kappa shape index (κ2) is 6.76. The summed E-state index contributed by atoms with van der Waals surface area (Å²) in [7, 11) is -0.371. The summed E-state index contributed by atoms with van der Waals surface area (Å²) in [6.45, 7) is 2.70. The second-order valence-electron chi connectivity index (χ2n) is 2.99. The molecule has 0 unspecified atom stereocenters.